The Kier molecular flexibility index (Phi) is 4.12. The molecule has 1 aromatic carbocycles. The molecular weight excluding hydrogens is 377 g/mol. The van der Waals surface area contributed by atoms with Gasteiger partial charge in [-0.3, -0.25) is 0 Å². The number of rotatable bonds is 5. The van der Waals surface area contributed by atoms with Crippen molar-refractivity contribution in [2.75, 3.05) is 0 Å². The highest BCUT2D eigenvalue weighted by atomic mass is 32.2. The van der Waals surface area contributed by atoms with E-state index in [4.69, 9.17) is 4.52 Å². The molecule has 0 atom stereocenters. The van der Waals surface area contributed by atoms with Gasteiger partial charge in [-0.25, -0.2) is 27.0 Å². The van der Waals surface area contributed by atoms with Gasteiger partial charge in [0.15, 0.2) is 5.82 Å². The summed E-state index contributed by atoms with van der Waals surface area (Å²) in [6.07, 6.45) is 1.60. The molecule has 0 saturated heterocycles. The number of hydrogen-bond donors (Lipinski definition) is 1. The van der Waals surface area contributed by atoms with Gasteiger partial charge in [0, 0.05) is 11.9 Å². The van der Waals surface area contributed by atoms with E-state index in [0.717, 1.165) is 30.0 Å². The van der Waals surface area contributed by atoms with Gasteiger partial charge in [-0.05, 0) is 37.3 Å². The molecule has 138 valence electrons. The molecule has 0 aliphatic rings. The lowest BCUT2D eigenvalue weighted by molar-refractivity contribution is 0.419. The van der Waals surface area contributed by atoms with Crippen LogP contribution in [0, 0.1) is 12.7 Å². The van der Waals surface area contributed by atoms with Crippen LogP contribution in [-0.4, -0.2) is 38.1 Å². The van der Waals surface area contributed by atoms with Crippen LogP contribution in [0.5, 0.6) is 0 Å². The van der Waals surface area contributed by atoms with Crippen LogP contribution in [0.1, 0.15) is 11.5 Å². The third-order valence-corrected chi connectivity index (χ3v) is 5.05. The third kappa shape index (κ3) is 3.39. The zero-order chi connectivity index (χ0) is 19.0. The van der Waals surface area contributed by atoms with E-state index in [1.165, 1.54) is 4.52 Å². The summed E-state index contributed by atoms with van der Waals surface area (Å²) in [5, 5.41) is 7.95. The molecule has 27 heavy (non-hydrogen) atoms. The van der Waals surface area contributed by atoms with Crippen LogP contribution < -0.4 is 4.72 Å². The van der Waals surface area contributed by atoms with E-state index in [0.29, 0.717) is 5.78 Å². The molecule has 0 aliphatic heterocycles. The molecule has 10 nitrogen and oxygen atoms in total. The Morgan fingerprint density at radius 3 is 2.70 bits per heavy atom. The average molecular weight is 389 g/mol. The zero-order valence-electron chi connectivity index (χ0n) is 13.9. The van der Waals surface area contributed by atoms with Gasteiger partial charge in [0.2, 0.25) is 15.8 Å². The highest BCUT2D eigenvalue weighted by molar-refractivity contribution is 7.89. The Morgan fingerprint density at radius 1 is 1.19 bits per heavy atom. The molecule has 0 aliphatic carbocycles. The van der Waals surface area contributed by atoms with E-state index in [2.05, 4.69) is 29.9 Å². The molecule has 1 N–H and O–H groups in total. The van der Waals surface area contributed by atoms with Crippen LogP contribution in [0.3, 0.4) is 0 Å². The van der Waals surface area contributed by atoms with E-state index in [-0.39, 0.29) is 29.0 Å². The zero-order valence-corrected chi connectivity index (χ0v) is 14.7. The van der Waals surface area contributed by atoms with E-state index in [1.54, 1.807) is 12.3 Å². The number of aromatic nitrogens is 6. The molecule has 0 unspecified atom stereocenters. The first-order valence-corrected chi connectivity index (χ1v) is 9.17. The number of nitrogens with zero attached hydrogens (tertiary/aromatic N) is 6. The summed E-state index contributed by atoms with van der Waals surface area (Å²) in [6.45, 7) is 1.63. The highest BCUT2D eigenvalue weighted by Crippen LogP contribution is 2.15. The van der Waals surface area contributed by atoms with Crippen molar-refractivity contribution in [3.63, 3.8) is 0 Å². The summed E-state index contributed by atoms with van der Waals surface area (Å²) >= 11 is 0. The SMILES string of the molecule is Cc1ccnc2nc(-c3nc(CNS(=O)(=O)c4ccc(F)cc4)no3)nn12. The molecule has 3 heterocycles. The lowest BCUT2D eigenvalue weighted by atomic mass is 10.4. The van der Waals surface area contributed by atoms with Gasteiger partial charge in [0.05, 0.1) is 11.4 Å². The molecule has 0 fully saturated rings. The van der Waals surface area contributed by atoms with Crippen LogP contribution in [0.15, 0.2) is 45.9 Å². The summed E-state index contributed by atoms with van der Waals surface area (Å²) in [6, 6.07) is 6.22. The first-order chi connectivity index (χ1) is 12.9. The quantitative estimate of drug-likeness (QED) is 0.537. The van der Waals surface area contributed by atoms with Gasteiger partial charge < -0.3 is 4.52 Å². The van der Waals surface area contributed by atoms with Crippen molar-refractivity contribution < 1.29 is 17.3 Å². The Bertz CT molecular complexity index is 1220. The third-order valence-electron chi connectivity index (χ3n) is 3.63. The molecule has 4 rings (SSSR count). The lowest BCUT2D eigenvalue weighted by Crippen LogP contribution is -2.23. The van der Waals surface area contributed by atoms with Crippen LogP contribution in [0.2, 0.25) is 0 Å². The minimum Gasteiger partial charge on any atom is -0.330 e. The molecule has 0 spiro atoms. The maximum absolute atomic E-state index is 12.9. The van der Waals surface area contributed by atoms with Crippen molar-refractivity contribution in [2.24, 2.45) is 0 Å². The van der Waals surface area contributed by atoms with Gasteiger partial charge in [-0.2, -0.15) is 9.97 Å². The Hall–Kier alpha value is -3.25. The number of benzene rings is 1. The number of sulfonamides is 1. The Balaban J connectivity index is 1.52. The van der Waals surface area contributed by atoms with Crippen LogP contribution in [0.4, 0.5) is 4.39 Å². The second-order valence-electron chi connectivity index (χ2n) is 5.53. The Labute approximate surface area is 152 Å². The second kappa shape index (κ2) is 6.48. The van der Waals surface area contributed by atoms with Crippen LogP contribution in [0.25, 0.3) is 17.5 Å². The maximum atomic E-state index is 12.9. The van der Waals surface area contributed by atoms with Crippen molar-refractivity contribution in [2.45, 2.75) is 18.4 Å². The minimum absolute atomic E-state index is 0.0379. The second-order valence-corrected chi connectivity index (χ2v) is 7.29. The van der Waals surface area contributed by atoms with Crippen LogP contribution >= 0.6 is 0 Å². The fraction of sp³-hybridized carbons (Fsp3) is 0.133. The normalized spacial score (nSPS) is 11.9. The molecule has 3 aromatic heterocycles. The van der Waals surface area contributed by atoms with E-state index in [9.17, 15) is 12.8 Å². The maximum Gasteiger partial charge on any atom is 0.297 e. The van der Waals surface area contributed by atoms with Gasteiger partial charge >= 0.3 is 0 Å². The van der Waals surface area contributed by atoms with E-state index in [1.807, 2.05) is 6.92 Å². The average Bonchev–Trinajstić information content (AvgIpc) is 3.28. The smallest absolute Gasteiger partial charge is 0.297 e. The largest absolute Gasteiger partial charge is 0.330 e. The highest BCUT2D eigenvalue weighted by Gasteiger charge is 2.18. The predicted molar refractivity (Wildman–Crippen MR) is 89.2 cm³/mol. The molecule has 12 heteroatoms. The number of fused-ring (bicyclic) bond motifs is 1. The van der Waals surface area contributed by atoms with Crippen molar-refractivity contribution in [1.82, 2.24) is 34.4 Å². The number of aryl methyl sites for hydroxylation is 1. The molecule has 0 bridgehead atoms. The minimum atomic E-state index is -3.84. The fourth-order valence-electron chi connectivity index (χ4n) is 2.27. The van der Waals surface area contributed by atoms with Crippen molar-refractivity contribution >= 4 is 15.8 Å². The van der Waals surface area contributed by atoms with Gasteiger partial charge in [0.25, 0.3) is 11.7 Å². The van der Waals surface area contributed by atoms with E-state index < -0.39 is 15.8 Å². The summed E-state index contributed by atoms with van der Waals surface area (Å²) < 4.78 is 46.2. The molecule has 4 aromatic rings. The Morgan fingerprint density at radius 2 is 1.96 bits per heavy atom. The summed E-state index contributed by atoms with van der Waals surface area (Å²) in [5.74, 6) is 0.162. The van der Waals surface area contributed by atoms with Crippen molar-refractivity contribution in [3.05, 3.63) is 53.9 Å². The van der Waals surface area contributed by atoms with Gasteiger partial charge in [-0.1, -0.05) is 5.16 Å². The first-order valence-electron chi connectivity index (χ1n) is 7.69. The summed E-state index contributed by atoms with van der Waals surface area (Å²) in [7, 11) is -3.84. The summed E-state index contributed by atoms with van der Waals surface area (Å²) in [5.41, 5.74) is 0.825. The lowest BCUT2D eigenvalue weighted by Gasteiger charge is -2.04. The van der Waals surface area contributed by atoms with Crippen molar-refractivity contribution in [1.29, 1.82) is 0 Å². The molecule has 0 radical (unpaired) electrons. The fourth-order valence-corrected chi connectivity index (χ4v) is 3.25. The number of halogens is 1. The van der Waals surface area contributed by atoms with Gasteiger partial charge in [0.1, 0.15) is 5.82 Å². The van der Waals surface area contributed by atoms with Crippen molar-refractivity contribution in [3.8, 4) is 11.7 Å². The molecular formula is C15H12FN7O3S. The first kappa shape index (κ1) is 17.2. The predicted octanol–water partition coefficient (Wildman–Crippen LogP) is 1.10. The molecule has 0 saturated carbocycles. The molecule has 0 amide bonds. The van der Waals surface area contributed by atoms with E-state index >= 15 is 0 Å². The standard InChI is InChI=1S/C15H12FN7O3S/c1-9-6-7-17-15-20-13(21-23(9)15)14-19-12(22-26-14)8-18-27(24,25)11-4-2-10(16)3-5-11/h2-7,18H,8H2,1H3. The topological polar surface area (TPSA) is 128 Å². The van der Waals surface area contributed by atoms with Crippen LogP contribution in [-0.2, 0) is 16.6 Å². The number of hydrogen-bond acceptors (Lipinski definition) is 8. The summed E-state index contributed by atoms with van der Waals surface area (Å²) in [4.78, 5) is 12.3. The monoisotopic (exact) mass is 389 g/mol. The number of nitrogens with one attached hydrogen (secondary N) is 1. The van der Waals surface area contributed by atoms with Gasteiger partial charge in [-0.15, -0.1) is 5.10 Å².